The Morgan fingerprint density at radius 2 is 2.17 bits per heavy atom. The Balaban J connectivity index is 2.06. The van der Waals surface area contributed by atoms with Gasteiger partial charge in [0.2, 0.25) is 11.8 Å². The molecule has 1 heterocycles. The molecule has 0 aromatic heterocycles. The summed E-state index contributed by atoms with van der Waals surface area (Å²) in [4.78, 5) is 24.4. The lowest BCUT2D eigenvalue weighted by molar-refractivity contribution is -0.137. The van der Waals surface area contributed by atoms with E-state index in [1.54, 1.807) is 0 Å². The third-order valence-electron chi connectivity index (χ3n) is 3.18. The minimum absolute atomic E-state index is 0.0238. The predicted molar refractivity (Wildman–Crippen MR) is 71.9 cm³/mol. The molecule has 0 radical (unpaired) electrons. The minimum Gasteiger partial charge on any atom is -0.299 e. The number of carbonyl (C=O) groups is 2. The maximum atomic E-state index is 11.8. The van der Waals surface area contributed by atoms with Crippen molar-refractivity contribution in [3.8, 4) is 0 Å². The van der Waals surface area contributed by atoms with Gasteiger partial charge in [0.05, 0.1) is 12.5 Å². The summed E-state index contributed by atoms with van der Waals surface area (Å²) in [5.41, 5.74) is 1.08. The monoisotopic (exact) mass is 310 g/mol. The first-order valence-corrected chi connectivity index (χ1v) is 6.60. The number of hydrogen-bond donors (Lipinski definition) is 1. The standard InChI is InChI=1S/C13H15BrN2O2/c1-8(9-4-3-5-10(14)6-9)15-11-7-12(17)16(2)13(11)18/h3-6,8,11,15H,7H2,1-2H3/t8-,11?/m1/s1. The molecule has 1 aromatic rings. The fourth-order valence-corrected chi connectivity index (χ4v) is 2.48. The van der Waals surface area contributed by atoms with E-state index >= 15 is 0 Å². The molecule has 1 aliphatic rings. The number of halogens is 1. The Labute approximate surface area is 114 Å². The van der Waals surface area contributed by atoms with Gasteiger partial charge in [-0.25, -0.2) is 0 Å². The predicted octanol–water partition coefficient (Wildman–Crippen LogP) is 1.86. The van der Waals surface area contributed by atoms with Crippen LogP contribution in [0.3, 0.4) is 0 Å². The topological polar surface area (TPSA) is 49.4 Å². The summed E-state index contributed by atoms with van der Waals surface area (Å²) < 4.78 is 1.000. The van der Waals surface area contributed by atoms with E-state index in [9.17, 15) is 9.59 Å². The van der Waals surface area contributed by atoms with Crippen LogP contribution >= 0.6 is 15.9 Å². The summed E-state index contributed by atoms with van der Waals surface area (Å²) in [5, 5.41) is 3.20. The average Bonchev–Trinajstić information content (AvgIpc) is 2.57. The Morgan fingerprint density at radius 1 is 1.44 bits per heavy atom. The van der Waals surface area contributed by atoms with Crippen LogP contribution in [-0.2, 0) is 9.59 Å². The third kappa shape index (κ3) is 2.62. The molecule has 1 fully saturated rings. The molecule has 96 valence electrons. The van der Waals surface area contributed by atoms with Crippen molar-refractivity contribution in [3.63, 3.8) is 0 Å². The lowest BCUT2D eigenvalue weighted by Gasteiger charge is -2.18. The maximum Gasteiger partial charge on any atom is 0.246 e. The van der Waals surface area contributed by atoms with E-state index in [0.29, 0.717) is 0 Å². The number of nitrogens with one attached hydrogen (secondary N) is 1. The molecule has 2 atom stereocenters. The van der Waals surface area contributed by atoms with Crippen LogP contribution in [0, 0.1) is 0 Å². The van der Waals surface area contributed by atoms with Gasteiger partial charge in [0, 0.05) is 17.6 Å². The number of likely N-dealkylation sites (N-methyl/N-ethyl adjacent to an activating group) is 1. The van der Waals surface area contributed by atoms with Crippen molar-refractivity contribution < 1.29 is 9.59 Å². The lowest BCUT2D eigenvalue weighted by atomic mass is 10.1. The highest BCUT2D eigenvalue weighted by atomic mass is 79.9. The molecule has 18 heavy (non-hydrogen) atoms. The van der Waals surface area contributed by atoms with Crippen LogP contribution in [0.5, 0.6) is 0 Å². The van der Waals surface area contributed by atoms with Gasteiger partial charge in [-0.15, -0.1) is 0 Å². The first kappa shape index (κ1) is 13.2. The second-order valence-electron chi connectivity index (χ2n) is 4.49. The molecule has 0 saturated carbocycles. The van der Waals surface area contributed by atoms with E-state index in [2.05, 4.69) is 21.2 Å². The number of carbonyl (C=O) groups excluding carboxylic acids is 2. The molecule has 5 heteroatoms. The largest absolute Gasteiger partial charge is 0.299 e. The van der Waals surface area contributed by atoms with Crippen LogP contribution < -0.4 is 5.32 Å². The molecule has 1 aliphatic heterocycles. The number of imide groups is 1. The molecule has 1 saturated heterocycles. The van der Waals surface area contributed by atoms with Gasteiger partial charge < -0.3 is 0 Å². The second-order valence-corrected chi connectivity index (χ2v) is 5.41. The van der Waals surface area contributed by atoms with Crippen LogP contribution in [0.15, 0.2) is 28.7 Å². The van der Waals surface area contributed by atoms with Crippen LogP contribution in [-0.4, -0.2) is 29.8 Å². The van der Waals surface area contributed by atoms with Crippen molar-refractivity contribution in [2.24, 2.45) is 0 Å². The van der Waals surface area contributed by atoms with Gasteiger partial charge in [0.15, 0.2) is 0 Å². The van der Waals surface area contributed by atoms with Crippen LogP contribution in [0.2, 0.25) is 0 Å². The molecular weight excluding hydrogens is 296 g/mol. The van der Waals surface area contributed by atoms with Crippen LogP contribution in [0.4, 0.5) is 0 Å². The molecule has 2 amide bonds. The number of benzene rings is 1. The summed E-state index contributed by atoms with van der Waals surface area (Å²) in [5.74, 6) is -0.277. The molecule has 1 N–H and O–H groups in total. The van der Waals surface area contributed by atoms with E-state index in [1.807, 2.05) is 31.2 Å². The van der Waals surface area contributed by atoms with Crippen molar-refractivity contribution in [1.29, 1.82) is 0 Å². The van der Waals surface area contributed by atoms with E-state index in [0.717, 1.165) is 10.0 Å². The minimum atomic E-state index is -0.406. The summed E-state index contributed by atoms with van der Waals surface area (Å²) in [6, 6.07) is 7.52. The zero-order chi connectivity index (χ0) is 13.3. The molecule has 1 aromatic carbocycles. The third-order valence-corrected chi connectivity index (χ3v) is 3.67. The quantitative estimate of drug-likeness (QED) is 0.867. The van der Waals surface area contributed by atoms with E-state index in [1.165, 1.54) is 11.9 Å². The molecule has 0 spiro atoms. The SMILES string of the molecule is C[C@@H](NC1CC(=O)N(C)C1=O)c1cccc(Br)c1. The first-order valence-electron chi connectivity index (χ1n) is 5.81. The normalized spacial score (nSPS) is 21.5. The van der Waals surface area contributed by atoms with Gasteiger partial charge >= 0.3 is 0 Å². The van der Waals surface area contributed by atoms with E-state index in [4.69, 9.17) is 0 Å². The molecule has 0 bridgehead atoms. The molecule has 2 rings (SSSR count). The van der Waals surface area contributed by atoms with Crippen molar-refractivity contribution in [3.05, 3.63) is 34.3 Å². The molecule has 4 nitrogen and oxygen atoms in total. The Hall–Kier alpha value is -1.20. The number of nitrogens with zero attached hydrogens (tertiary/aromatic N) is 1. The van der Waals surface area contributed by atoms with Gasteiger partial charge in [-0.3, -0.25) is 19.8 Å². The molecule has 1 unspecified atom stereocenters. The van der Waals surface area contributed by atoms with E-state index < -0.39 is 6.04 Å². The Bertz CT molecular complexity index is 490. The highest BCUT2D eigenvalue weighted by Crippen LogP contribution is 2.20. The van der Waals surface area contributed by atoms with Crippen LogP contribution in [0.25, 0.3) is 0 Å². The summed E-state index contributed by atoms with van der Waals surface area (Å²) in [7, 11) is 1.52. The fourth-order valence-electron chi connectivity index (χ4n) is 2.06. The van der Waals surface area contributed by atoms with Crippen molar-refractivity contribution in [2.45, 2.75) is 25.4 Å². The Kier molecular flexibility index (Phi) is 3.82. The van der Waals surface area contributed by atoms with Gasteiger partial charge in [-0.2, -0.15) is 0 Å². The van der Waals surface area contributed by atoms with Crippen molar-refractivity contribution in [2.75, 3.05) is 7.05 Å². The van der Waals surface area contributed by atoms with E-state index in [-0.39, 0.29) is 24.3 Å². The zero-order valence-electron chi connectivity index (χ0n) is 10.3. The zero-order valence-corrected chi connectivity index (χ0v) is 11.9. The summed E-state index contributed by atoms with van der Waals surface area (Å²) >= 11 is 3.42. The second kappa shape index (κ2) is 5.20. The number of hydrogen-bond acceptors (Lipinski definition) is 3. The molecule has 0 aliphatic carbocycles. The fraction of sp³-hybridized carbons (Fsp3) is 0.385. The first-order chi connectivity index (χ1) is 8.49. The van der Waals surface area contributed by atoms with Gasteiger partial charge in [0.1, 0.15) is 0 Å². The van der Waals surface area contributed by atoms with Gasteiger partial charge in [0.25, 0.3) is 0 Å². The lowest BCUT2D eigenvalue weighted by Crippen LogP contribution is -2.38. The van der Waals surface area contributed by atoms with Gasteiger partial charge in [-0.05, 0) is 24.6 Å². The summed E-state index contributed by atoms with van der Waals surface area (Å²) in [6.45, 7) is 1.98. The number of likely N-dealkylation sites (tertiary alicyclic amines) is 1. The maximum absolute atomic E-state index is 11.8. The number of rotatable bonds is 3. The highest BCUT2D eigenvalue weighted by Gasteiger charge is 2.36. The smallest absolute Gasteiger partial charge is 0.246 e. The van der Waals surface area contributed by atoms with Crippen LogP contribution in [0.1, 0.15) is 24.9 Å². The number of amides is 2. The Morgan fingerprint density at radius 3 is 2.72 bits per heavy atom. The van der Waals surface area contributed by atoms with Gasteiger partial charge in [-0.1, -0.05) is 28.1 Å². The summed E-state index contributed by atoms with van der Waals surface area (Å²) in [6.07, 6.45) is 0.244. The highest BCUT2D eigenvalue weighted by molar-refractivity contribution is 9.10. The van der Waals surface area contributed by atoms with Crippen molar-refractivity contribution >= 4 is 27.7 Å². The van der Waals surface area contributed by atoms with Crippen molar-refractivity contribution in [1.82, 2.24) is 10.2 Å². The average molecular weight is 311 g/mol. The molecular formula is C13H15BrN2O2.